The Hall–Kier alpha value is -1.97. The van der Waals surface area contributed by atoms with Crippen molar-refractivity contribution in [2.24, 2.45) is 5.73 Å². The van der Waals surface area contributed by atoms with Gasteiger partial charge in [0.25, 0.3) is 11.8 Å². The minimum atomic E-state index is -1.40. The number of thioether (sulfide) groups is 1. The van der Waals surface area contributed by atoms with Crippen molar-refractivity contribution in [1.29, 1.82) is 0 Å². The molecule has 140 valence electrons. The van der Waals surface area contributed by atoms with Crippen LogP contribution in [0.5, 0.6) is 11.5 Å². The molecule has 0 saturated carbocycles. The van der Waals surface area contributed by atoms with Gasteiger partial charge < -0.3 is 20.3 Å². The summed E-state index contributed by atoms with van der Waals surface area (Å²) < 4.78 is 10.2. The summed E-state index contributed by atoms with van der Waals surface area (Å²) in [5, 5.41) is 9.90. The van der Waals surface area contributed by atoms with Crippen LogP contribution in [0.15, 0.2) is 18.2 Å². The first-order valence-corrected chi connectivity index (χ1v) is 8.93. The summed E-state index contributed by atoms with van der Waals surface area (Å²) in [6.45, 7) is 2.02. The third-order valence-corrected chi connectivity index (χ3v) is 4.32. The molecule has 1 rings (SSSR count). The molecular weight excluding hydrogens is 346 g/mol. The summed E-state index contributed by atoms with van der Waals surface area (Å²) in [4.78, 5) is 24.0. The summed E-state index contributed by atoms with van der Waals surface area (Å²) in [5.41, 5.74) is 10.4. The lowest BCUT2D eigenvalue weighted by Crippen LogP contribution is -2.52. The van der Waals surface area contributed by atoms with E-state index in [1.807, 2.05) is 6.92 Å². The van der Waals surface area contributed by atoms with Gasteiger partial charge in [0.2, 0.25) is 0 Å². The van der Waals surface area contributed by atoms with E-state index < -0.39 is 24.0 Å². The SMILES string of the molecule is CCSCC[C@@H](N)C(O)C(=O)NNC(=O)c1cc(OC)cc(OC)c1. The largest absolute Gasteiger partial charge is 0.497 e. The Balaban J connectivity index is 2.59. The second-order valence-corrected chi connectivity index (χ2v) is 6.53. The van der Waals surface area contributed by atoms with Gasteiger partial charge in [-0.2, -0.15) is 11.8 Å². The molecule has 0 fully saturated rings. The van der Waals surface area contributed by atoms with Crippen LogP contribution < -0.4 is 26.1 Å². The highest BCUT2D eigenvalue weighted by atomic mass is 32.2. The van der Waals surface area contributed by atoms with Gasteiger partial charge in [0.1, 0.15) is 17.6 Å². The molecule has 0 spiro atoms. The molecule has 2 amide bonds. The quantitative estimate of drug-likeness (QED) is 0.363. The van der Waals surface area contributed by atoms with Crippen molar-refractivity contribution in [3.63, 3.8) is 0 Å². The van der Waals surface area contributed by atoms with Crippen molar-refractivity contribution >= 4 is 23.6 Å². The number of ether oxygens (including phenoxy) is 2. The minimum Gasteiger partial charge on any atom is -0.497 e. The fourth-order valence-corrected chi connectivity index (χ4v) is 2.65. The van der Waals surface area contributed by atoms with Crippen LogP contribution in [0.2, 0.25) is 0 Å². The van der Waals surface area contributed by atoms with E-state index in [-0.39, 0.29) is 5.56 Å². The molecule has 0 aromatic heterocycles. The number of benzene rings is 1. The summed E-state index contributed by atoms with van der Waals surface area (Å²) in [6.07, 6.45) is -0.911. The zero-order valence-electron chi connectivity index (χ0n) is 14.6. The van der Waals surface area contributed by atoms with E-state index in [1.54, 1.807) is 17.8 Å². The number of aliphatic hydroxyl groups is 1. The van der Waals surface area contributed by atoms with Crippen LogP contribution in [0, 0.1) is 0 Å². The number of hydrogen-bond acceptors (Lipinski definition) is 7. The number of hydrogen-bond donors (Lipinski definition) is 4. The van der Waals surface area contributed by atoms with Crippen molar-refractivity contribution in [2.45, 2.75) is 25.5 Å². The molecule has 25 heavy (non-hydrogen) atoms. The molecule has 0 radical (unpaired) electrons. The molecular formula is C16H25N3O5S. The van der Waals surface area contributed by atoms with Crippen LogP contribution in [-0.2, 0) is 4.79 Å². The maximum Gasteiger partial charge on any atom is 0.269 e. The smallest absolute Gasteiger partial charge is 0.269 e. The molecule has 0 saturated heterocycles. The van der Waals surface area contributed by atoms with Crippen LogP contribution in [-0.4, -0.2) is 54.8 Å². The van der Waals surface area contributed by atoms with Crippen LogP contribution in [0.3, 0.4) is 0 Å². The van der Waals surface area contributed by atoms with Crippen LogP contribution in [0.1, 0.15) is 23.7 Å². The Labute approximate surface area is 151 Å². The number of nitrogens with two attached hydrogens (primary N) is 1. The molecule has 1 unspecified atom stereocenters. The second-order valence-electron chi connectivity index (χ2n) is 5.14. The molecule has 8 nitrogen and oxygen atoms in total. The van der Waals surface area contributed by atoms with Gasteiger partial charge in [-0.3, -0.25) is 20.4 Å². The highest BCUT2D eigenvalue weighted by Crippen LogP contribution is 2.22. The van der Waals surface area contributed by atoms with Gasteiger partial charge in [-0.15, -0.1) is 0 Å². The molecule has 0 aliphatic carbocycles. The molecule has 1 aromatic carbocycles. The molecule has 0 aliphatic heterocycles. The third-order valence-electron chi connectivity index (χ3n) is 3.39. The average Bonchev–Trinajstić information content (AvgIpc) is 2.64. The number of methoxy groups -OCH3 is 2. The highest BCUT2D eigenvalue weighted by molar-refractivity contribution is 7.99. The van der Waals surface area contributed by atoms with Crippen molar-refractivity contribution in [3.8, 4) is 11.5 Å². The van der Waals surface area contributed by atoms with E-state index in [4.69, 9.17) is 15.2 Å². The standard InChI is InChI=1S/C16H25N3O5S/c1-4-25-6-5-13(17)14(20)16(22)19-18-15(21)10-7-11(23-2)9-12(8-10)24-3/h7-9,13-14,20H,4-6,17H2,1-3H3,(H,18,21)(H,19,22)/t13-,14?/m1/s1. The Kier molecular flexibility index (Phi) is 9.11. The second kappa shape index (κ2) is 10.8. The fourth-order valence-electron chi connectivity index (χ4n) is 1.92. The number of carbonyl (C=O) groups is 2. The van der Waals surface area contributed by atoms with Gasteiger partial charge in [0.05, 0.1) is 14.2 Å². The van der Waals surface area contributed by atoms with Crippen molar-refractivity contribution in [1.82, 2.24) is 10.9 Å². The summed E-state index contributed by atoms with van der Waals surface area (Å²) in [6, 6.07) is 3.90. The predicted molar refractivity (Wildman–Crippen MR) is 96.8 cm³/mol. The Morgan fingerprint density at radius 3 is 2.32 bits per heavy atom. The number of nitrogens with one attached hydrogen (secondary N) is 2. The summed E-state index contributed by atoms with van der Waals surface area (Å²) in [5.74, 6) is 1.22. The van der Waals surface area contributed by atoms with Crippen LogP contribution >= 0.6 is 11.8 Å². The lowest BCUT2D eigenvalue weighted by atomic mass is 10.1. The fraction of sp³-hybridized carbons (Fsp3) is 0.500. The maximum absolute atomic E-state index is 12.1. The first kappa shape index (κ1) is 21.1. The maximum atomic E-state index is 12.1. The summed E-state index contributed by atoms with van der Waals surface area (Å²) in [7, 11) is 2.93. The number of carbonyl (C=O) groups excluding carboxylic acids is 2. The van der Waals surface area contributed by atoms with Gasteiger partial charge in [-0.25, -0.2) is 0 Å². The lowest BCUT2D eigenvalue weighted by Gasteiger charge is -2.18. The van der Waals surface area contributed by atoms with Gasteiger partial charge in [-0.1, -0.05) is 6.92 Å². The van der Waals surface area contributed by atoms with Gasteiger partial charge in [0, 0.05) is 17.7 Å². The zero-order chi connectivity index (χ0) is 18.8. The van der Waals surface area contributed by atoms with Crippen molar-refractivity contribution in [3.05, 3.63) is 23.8 Å². The van der Waals surface area contributed by atoms with Crippen molar-refractivity contribution < 1.29 is 24.2 Å². The first-order chi connectivity index (χ1) is 11.9. The van der Waals surface area contributed by atoms with Crippen LogP contribution in [0.25, 0.3) is 0 Å². The first-order valence-electron chi connectivity index (χ1n) is 7.77. The topological polar surface area (TPSA) is 123 Å². The molecule has 5 N–H and O–H groups in total. The molecule has 0 aliphatic rings. The molecule has 0 bridgehead atoms. The van der Waals surface area contributed by atoms with E-state index in [1.165, 1.54) is 26.4 Å². The van der Waals surface area contributed by atoms with E-state index in [9.17, 15) is 14.7 Å². The molecule has 1 aromatic rings. The van der Waals surface area contributed by atoms with E-state index in [2.05, 4.69) is 10.9 Å². The number of aliphatic hydroxyl groups excluding tert-OH is 1. The minimum absolute atomic E-state index is 0.231. The molecule has 0 heterocycles. The van der Waals surface area contributed by atoms with E-state index in [0.29, 0.717) is 17.9 Å². The van der Waals surface area contributed by atoms with Gasteiger partial charge in [-0.05, 0) is 30.1 Å². The normalized spacial score (nSPS) is 12.8. The number of hydrazine groups is 1. The molecule has 9 heteroatoms. The van der Waals surface area contributed by atoms with E-state index >= 15 is 0 Å². The lowest BCUT2D eigenvalue weighted by molar-refractivity contribution is -0.131. The number of rotatable bonds is 9. The monoisotopic (exact) mass is 371 g/mol. The van der Waals surface area contributed by atoms with Gasteiger partial charge in [0.15, 0.2) is 0 Å². The Morgan fingerprint density at radius 2 is 1.80 bits per heavy atom. The molecule has 2 atom stereocenters. The highest BCUT2D eigenvalue weighted by Gasteiger charge is 2.23. The third kappa shape index (κ3) is 6.81. The average molecular weight is 371 g/mol. The number of amides is 2. The summed E-state index contributed by atoms with van der Waals surface area (Å²) >= 11 is 1.67. The zero-order valence-corrected chi connectivity index (χ0v) is 15.4. The predicted octanol–water partition coefficient (Wildman–Crippen LogP) is 0.296. The van der Waals surface area contributed by atoms with Crippen molar-refractivity contribution in [2.75, 3.05) is 25.7 Å². The van der Waals surface area contributed by atoms with Gasteiger partial charge >= 0.3 is 0 Å². The van der Waals surface area contributed by atoms with Crippen LogP contribution in [0.4, 0.5) is 0 Å². The Morgan fingerprint density at radius 1 is 1.20 bits per heavy atom. The van der Waals surface area contributed by atoms with E-state index in [0.717, 1.165) is 11.5 Å². The Bertz CT molecular complexity index is 563.